The number of rotatable bonds is 4. The van der Waals surface area contributed by atoms with Crippen LogP contribution in [0.2, 0.25) is 5.02 Å². The Morgan fingerprint density at radius 2 is 1.95 bits per heavy atom. The number of fused-ring (bicyclic) bond motifs is 1. The van der Waals surface area contributed by atoms with Crippen molar-refractivity contribution in [3.63, 3.8) is 0 Å². The number of hydrogen-bond donors (Lipinski definition) is 1. The molecular formula is C17H19ClN2O. The minimum Gasteiger partial charge on any atom is -0.492 e. The van der Waals surface area contributed by atoms with Crippen LogP contribution in [0.1, 0.15) is 12.0 Å². The number of halogens is 1. The van der Waals surface area contributed by atoms with Gasteiger partial charge in [-0.2, -0.15) is 0 Å². The first-order chi connectivity index (χ1) is 10.2. The van der Waals surface area contributed by atoms with E-state index in [0.717, 1.165) is 42.4 Å². The van der Waals surface area contributed by atoms with Gasteiger partial charge in [0.2, 0.25) is 0 Å². The molecule has 0 aromatic heterocycles. The molecule has 3 rings (SSSR count). The van der Waals surface area contributed by atoms with Crippen LogP contribution < -0.4 is 15.4 Å². The fourth-order valence-electron chi connectivity index (χ4n) is 2.73. The molecule has 110 valence electrons. The van der Waals surface area contributed by atoms with Crippen LogP contribution in [0.4, 0.5) is 11.4 Å². The number of nitrogens with zero attached hydrogens (tertiary/aromatic N) is 1. The minimum absolute atomic E-state index is 0.658. The normalized spacial score (nSPS) is 13.9. The van der Waals surface area contributed by atoms with Gasteiger partial charge in [-0.05, 0) is 60.9 Å². The highest BCUT2D eigenvalue weighted by molar-refractivity contribution is 6.30. The van der Waals surface area contributed by atoms with E-state index in [1.54, 1.807) is 0 Å². The summed E-state index contributed by atoms with van der Waals surface area (Å²) < 4.78 is 5.78. The van der Waals surface area contributed by atoms with E-state index in [4.69, 9.17) is 22.1 Å². The Morgan fingerprint density at radius 3 is 2.76 bits per heavy atom. The Labute approximate surface area is 130 Å². The molecule has 0 bridgehead atoms. The van der Waals surface area contributed by atoms with Crippen molar-refractivity contribution in [2.24, 2.45) is 0 Å². The number of ether oxygens (including phenoxy) is 1. The molecule has 21 heavy (non-hydrogen) atoms. The summed E-state index contributed by atoms with van der Waals surface area (Å²) in [5, 5.41) is 0.727. The van der Waals surface area contributed by atoms with Gasteiger partial charge in [-0.3, -0.25) is 0 Å². The van der Waals surface area contributed by atoms with E-state index in [1.807, 2.05) is 30.3 Å². The van der Waals surface area contributed by atoms with Gasteiger partial charge >= 0.3 is 0 Å². The number of nitrogen functional groups attached to an aromatic ring is 1. The average molecular weight is 303 g/mol. The van der Waals surface area contributed by atoms with Crippen LogP contribution in [0.5, 0.6) is 5.75 Å². The molecule has 0 amide bonds. The van der Waals surface area contributed by atoms with Crippen molar-refractivity contribution in [1.29, 1.82) is 0 Å². The Morgan fingerprint density at radius 1 is 1.14 bits per heavy atom. The van der Waals surface area contributed by atoms with Crippen LogP contribution in [0.25, 0.3) is 0 Å². The van der Waals surface area contributed by atoms with Crippen molar-refractivity contribution < 1.29 is 4.74 Å². The summed E-state index contributed by atoms with van der Waals surface area (Å²) in [5.41, 5.74) is 9.33. The third kappa shape index (κ3) is 3.42. The van der Waals surface area contributed by atoms with Gasteiger partial charge in [0.25, 0.3) is 0 Å². The summed E-state index contributed by atoms with van der Waals surface area (Å²) in [4.78, 5) is 2.37. The predicted molar refractivity (Wildman–Crippen MR) is 88.3 cm³/mol. The molecule has 2 N–H and O–H groups in total. The molecule has 3 nitrogen and oxygen atoms in total. The van der Waals surface area contributed by atoms with Crippen LogP contribution >= 0.6 is 11.6 Å². The quantitative estimate of drug-likeness (QED) is 0.874. The molecule has 2 aromatic carbocycles. The molecule has 0 aliphatic carbocycles. The molecule has 1 heterocycles. The zero-order valence-corrected chi connectivity index (χ0v) is 12.6. The molecule has 0 radical (unpaired) electrons. The van der Waals surface area contributed by atoms with Gasteiger partial charge in [-0.1, -0.05) is 11.6 Å². The summed E-state index contributed by atoms with van der Waals surface area (Å²) in [7, 11) is 0. The SMILES string of the molecule is Nc1ccc2c(c1)CCCN2CCOc1ccc(Cl)cc1. The highest BCUT2D eigenvalue weighted by Gasteiger charge is 2.16. The van der Waals surface area contributed by atoms with Gasteiger partial charge in [0, 0.05) is 22.9 Å². The van der Waals surface area contributed by atoms with Crippen molar-refractivity contribution >= 4 is 23.0 Å². The molecule has 1 aliphatic heterocycles. The molecule has 0 saturated heterocycles. The Hall–Kier alpha value is -1.87. The maximum atomic E-state index is 5.86. The molecule has 4 heteroatoms. The summed E-state index contributed by atoms with van der Waals surface area (Å²) in [6.07, 6.45) is 2.27. The highest BCUT2D eigenvalue weighted by Crippen LogP contribution is 2.28. The first-order valence-corrected chi connectivity index (χ1v) is 7.62. The lowest BCUT2D eigenvalue weighted by Crippen LogP contribution is -2.33. The lowest BCUT2D eigenvalue weighted by Gasteiger charge is -2.31. The van der Waals surface area contributed by atoms with Crippen molar-refractivity contribution in [2.75, 3.05) is 30.3 Å². The molecule has 0 saturated carbocycles. The third-order valence-corrected chi connectivity index (χ3v) is 4.01. The lowest BCUT2D eigenvalue weighted by atomic mass is 10.0. The molecule has 2 aromatic rings. The van der Waals surface area contributed by atoms with Crippen LogP contribution in [-0.2, 0) is 6.42 Å². The maximum absolute atomic E-state index is 5.86. The Balaban J connectivity index is 1.60. The van der Waals surface area contributed by atoms with E-state index in [9.17, 15) is 0 Å². The molecular weight excluding hydrogens is 284 g/mol. The van der Waals surface area contributed by atoms with Crippen molar-refractivity contribution in [3.8, 4) is 5.75 Å². The minimum atomic E-state index is 0.658. The van der Waals surface area contributed by atoms with Gasteiger partial charge in [0.15, 0.2) is 0 Å². The third-order valence-electron chi connectivity index (χ3n) is 3.76. The summed E-state index contributed by atoms with van der Waals surface area (Å²) in [6.45, 7) is 2.60. The molecule has 0 fully saturated rings. The van der Waals surface area contributed by atoms with Crippen molar-refractivity contribution in [1.82, 2.24) is 0 Å². The summed E-state index contributed by atoms with van der Waals surface area (Å²) >= 11 is 5.86. The van der Waals surface area contributed by atoms with Crippen molar-refractivity contribution in [3.05, 3.63) is 53.1 Å². The van der Waals surface area contributed by atoms with E-state index in [1.165, 1.54) is 11.3 Å². The summed E-state index contributed by atoms with van der Waals surface area (Å²) in [6, 6.07) is 13.6. The fraction of sp³-hybridized carbons (Fsp3) is 0.294. The zero-order chi connectivity index (χ0) is 14.7. The van der Waals surface area contributed by atoms with Crippen molar-refractivity contribution in [2.45, 2.75) is 12.8 Å². The van der Waals surface area contributed by atoms with Crippen LogP contribution in [0.15, 0.2) is 42.5 Å². The average Bonchev–Trinajstić information content (AvgIpc) is 2.49. The van der Waals surface area contributed by atoms with Gasteiger partial charge in [-0.25, -0.2) is 0 Å². The van der Waals surface area contributed by atoms with E-state index in [2.05, 4.69) is 17.0 Å². The molecule has 0 unspecified atom stereocenters. The van der Waals surface area contributed by atoms with Crippen LogP contribution in [0, 0.1) is 0 Å². The first-order valence-electron chi connectivity index (χ1n) is 7.24. The second kappa shape index (κ2) is 6.27. The predicted octanol–water partition coefficient (Wildman–Crippen LogP) is 3.75. The van der Waals surface area contributed by atoms with Gasteiger partial charge in [0.1, 0.15) is 12.4 Å². The fourth-order valence-corrected chi connectivity index (χ4v) is 2.86. The van der Waals surface area contributed by atoms with E-state index >= 15 is 0 Å². The van der Waals surface area contributed by atoms with Crippen LogP contribution in [-0.4, -0.2) is 19.7 Å². The van der Waals surface area contributed by atoms with E-state index in [0.29, 0.717) is 6.61 Å². The standard InChI is InChI=1S/C17H19ClN2O/c18-14-3-6-16(7-4-14)21-11-10-20-9-1-2-13-12-15(19)5-8-17(13)20/h3-8,12H,1-2,9-11,19H2. The van der Waals surface area contributed by atoms with Gasteiger partial charge in [-0.15, -0.1) is 0 Å². The lowest BCUT2D eigenvalue weighted by molar-refractivity contribution is 0.322. The number of hydrogen-bond acceptors (Lipinski definition) is 3. The maximum Gasteiger partial charge on any atom is 0.119 e. The van der Waals surface area contributed by atoms with E-state index in [-0.39, 0.29) is 0 Å². The molecule has 0 spiro atoms. The number of aryl methyl sites for hydroxylation is 1. The first kappa shape index (κ1) is 14.1. The summed E-state index contributed by atoms with van der Waals surface area (Å²) in [5.74, 6) is 0.855. The number of benzene rings is 2. The van der Waals surface area contributed by atoms with Gasteiger partial charge in [0.05, 0.1) is 6.54 Å². The molecule has 1 aliphatic rings. The zero-order valence-electron chi connectivity index (χ0n) is 11.9. The highest BCUT2D eigenvalue weighted by atomic mass is 35.5. The second-order valence-electron chi connectivity index (χ2n) is 5.28. The Kier molecular flexibility index (Phi) is 4.20. The largest absolute Gasteiger partial charge is 0.492 e. The number of nitrogens with two attached hydrogens (primary N) is 1. The molecule has 0 atom stereocenters. The smallest absolute Gasteiger partial charge is 0.119 e. The monoisotopic (exact) mass is 302 g/mol. The Bertz CT molecular complexity index is 613. The second-order valence-corrected chi connectivity index (χ2v) is 5.72. The van der Waals surface area contributed by atoms with Crippen LogP contribution in [0.3, 0.4) is 0 Å². The topological polar surface area (TPSA) is 38.5 Å². The number of anilines is 2. The van der Waals surface area contributed by atoms with E-state index < -0.39 is 0 Å². The van der Waals surface area contributed by atoms with Gasteiger partial charge < -0.3 is 15.4 Å².